The standard InChI is InChI=1S/C28H32N4O4S/c1-17(2)26(27(34)31-22-10-11-23-24(13-22)36-16-35-23)32(14-21-9-7-6-8-18(21)3)25(33)15-37-28-29-19(4)12-20(5)30-28/h6-13,17,26H,14-16H2,1-5H3,(H,31,34)/t26-/m1/s1. The highest BCUT2D eigenvalue weighted by Gasteiger charge is 2.33. The molecular formula is C28H32N4O4S. The lowest BCUT2D eigenvalue weighted by Crippen LogP contribution is -2.50. The molecule has 0 radical (unpaired) electrons. The fourth-order valence-corrected chi connectivity index (χ4v) is 5.11. The lowest BCUT2D eigenvalue weighted by atomic mass is 9.99. The van der Waals surface area contributed by atoms with Gasteiger partial charge in [0.25, 0.3) is 0 Å². The Kier molecular flexibility index (Phi) is 8.33. The summed E-state index contributed by atoms with van der Waals surface area (Å²) in [5.41, 5.74) is 4.33. The molecule has 1 aliphatic heterocycles. The monoisotopic (exact) mass is 520 g/mol. The van der Waals surface area contributed by atoms with Gasteiger partial charge in [0.1, 0.15) is 6.04 Å². The van der Waals surface area contributed by atoms with E-state index < -0.39 is 6.04 Å². The van der Waals surface area contributed by atoms with Crippen LogP contribution in [0, 0.1) is 26.7 Å². The van der Waals surface area contributed by atoms with Gasteiger partial charge in [0.05, 0.1) is 5.75 Å². The molecule has 0 aliphatic carbocycles. The van der Waals surface area contributed by atoms with Crippen molar-refractivity contribution < 1.29 is 19.1 Å². The van der Waals surface area contributed by atoms with Gasteiger partial charge in [-0.25, -0.2) is 9.97 Å². The predicted octanol–water partition coefficient (Wildman–Crippen LogP) is 4.91. The van der Waals surface area contributed by atoms with E-state index in [1.807, 2.05) is 65.0 Å². The molecule has 1 atom stereocenters. The van der Waals surface area contributed by atoms with Crippen molar-refractivity contribution in [1.29, 1.82) is 0 Å². The van der Waals surface area contributed by atoms with Crippen molar-refractivity contribution in [3.8, 4) is 11.5 Å². The van der Waals surface area contributed by atoms with E-state index in [4.69, 9.17) is 9.47 Å². The maximum Gasteiger partial charge on any atom is 0.247 e. The van der Waals surface area contributed by atoms with Crippen LogP contribution in [0.3, 0.4) is 0 Å². The molecule has 9 heteroatoms. The predicted molar refractivity (Wildman–Crippen MR) is 144 cm³/mol. The summed E-state index contributed by atoms with van der Waals surface area (Å²) in [5, 5.41) is 3.53. The number of aromatic nitrogens is 2. The van der Waals surface area contributed by atoms with Gasteiger partial charge in [0, 0.05) is 29.7 Å². The van der Waals surface area contributed by atoms with Crippen molar-refractivity contribution in [2.45, 2.75) is 52.4 Å². The maximum absolute atomic E-state index is 13.7. The minimum absolute atomic E-state index is 0.120. The smallest absolute Gasteiger partial charge is 0.247 e. The van der Waals surface area contributed by atoms with Crippen molar-refractivity contribution in [2.24, 2.45) is 5.92 Å². The number of carbonyl (C=O) groups excluding carboxylic acids is 2. The average molecular weight is 521 g/mol. The van der Waals surface area contributed by atoms with Gasteiger partial charge >= 0.3 is 0 Å². The number of nitrogens with one attached hydrogen (secondary N) is 1. The minimum Gasteiger partial charge on any atom is -0.454 e. The van der Waals surface area contributed by atoms with Gasteiger partial charge in [-0.05, 0) is 56.0 Å². The van der Waals surface area contributed by atoms with Crippen LogP contribution in [0.5, 0.6) is 11.5 Å². The highest BCUT2D eigenvalue weighted by Crippen LogP contribution is 2.34. The maximum atomic E-state index is 13.7. The molecule has 0 fully saturated rings. The summed E-state index contributed by atoms with van der Waals surface area (Å²) in [6, 6.07) is 14.4. The average Bonchev–Trinajstić information content (AvgIpc) is 3.30. The number of fused-ring (bicyclic) bond motifs is 1. The Hall–Kier alpha value is -3.59. The second kappa shape index (κ2) is 11.6. The first kappa shape index (κ1) is 26.5. The van der Waals surface area contributed by atoms with E-state index >= 15 is 0 Å². The van der Waals surface area contributed by atoms with Gasteiger partial charge in [0.15, 0.2) is 16.7 Å². The Balaban J connectivity index is 1.58. The summed E-state index contributed by atoms with van der Waals surface area (Å²) in [6.07, 6.45) is 0. The summed E-state index contributed by atoms with van der Waals surface area (Å²) in [4.78, 5) is 37.9. The third-order valence-electron chi connectivity index (χ3n) is 6.08. The van der Waals surface area contributed by atoms with Crippen LogP contribution in [-0.4, -0.2) is 45.3 Å². The first-order valence-corrected chi connectivity index (χ1v) is 13.2. The molecule has 4 rings (SSSR count). The molecule has 0 saturated carbocycles. The van der Waals surface area contributed by atoms with Crippen LogP contribution in [0.25, 0.3) is 0 Å². The van der Waals surface area contributed by atoms with E-state index in [0.717, 1.165) is 22.5 Å². The molecule has 0 saturated heterocycles. The van der Waals surface area contributed by atoms with Crippen LogP contribution in [0.4, 0.5) is 5.69 Å². The molecule has 37 heavy (non-hydrogen) atoms. The number of anilines is 1. The third kappa shape index (κ3) is 6.60. The van der Waals surface area contributed by atoms with Crippen LogP contribution in [0.2, 0.25) is 0 Å². The van der Waals surface area contributed by atoms with Gasteiger partial charge in [-0.15, -0.1) is 0 Å². The van der Waals surface area contributed by atoms with E-state index in [-0.39, 0.29) is 30.3 Å². The Morgan fingerprint density at radius 3 is 2.41 bits per heavy atom. The van der Waals surface area contributed by atoms with Crippen LogP contribution >= 0.6 is 11.8 Å². The normalized spacial score (nSPS) is 12.9. The Morgan fingerprint density at radius 1 is 1.00 bits per heavy atom. The largest absolute Gasteiger partial charge is 0.454 e. The SMILES string of the molecule is Cc1cc(C)nc(SCC(=O)N(Cc2ccccc2C)[C@@H](C(=O)Nc2ccc3c(c2)OCO3)C(C)C)n1. The number of hydrogen-bond acceptors (Lipinski definition) is 7. The van der Waals surface area contributed by atoms with Crippen LogP contribution in [0.1, 0.15) is 36.4 Å². The second-order valence-corrected chi connectivity index (χ2v) is 10.4. The molecule has 0 unspecified atom stereocenters. The number of rotatable bonds is 9. The fraction of sp³-hybridized carbons (Fsp3) is 0.357. The quantitative estimate of drug-likeness (QED) is 0.316. The van der Waals surface area contributed by atoms with Crippen molar-refractivity contribution in [1.82, 2.24) is 14.9 Å². The van der Waals surface area contributed by atoms with Crippen LogP contribution in [0.15, 0.2) is 53.7 Å². The van der Waals surface area contributed by atoms with E-state index in [2.05, 4.69) is 15.3 Å². The number of benzene rings is 2. The molecule has 2 aromatic carbocycles. The molecule has 3 aromatic rings. The summed E-state index contributed by atoms with van der Waals surface area (Å²) < 4.78 is 10.8. The van der Waals surface area contributed by atoms with Crippen LogP contribution in [-0.2, 0) is 16.1 Å². The molecule has 1 aromatic heterocycles. The van der Waals surface area contributed by atoms with E-state index in [0.29, 0.717) is 28.9 Å². The number of nitrogens with zero attached hydrogens (tertiary/aromatic N) is 3. The summed E-state index contributed by atoms with van der Waals surface area (Å²) >= 11 is 1.28. The van der Waals surface area contributed by atoms with Gasteiger partial charge in [-0.2, -0.15) is 0 Å². The minimum atomic E-state index is -0.696. The molecule has 8 nitrogen and oxygen atoms in total. The number of aryl methyl sites for hydroxylation is 3. The topological polar surface area (TPSA) is 93.7 Å². The Bertz CT molecular complexity index is 1280. The highest BCUT2D eigenvalue weighted by atomic mass is 32.2. The van der Waals surface area contributed by atoms with Crippen molar-refractivity contribution in [2.75, 3.05) is 17.9 Å². The first-order valence-electron chi connectivity index (χ1n) is 12.2. The van der Waals surface area contributed by atoms with Crippen molar-refractivity contribution in [3.05, 3.63) is 71.0 Å². The Labute approximate surface area is 221 Å². The van der Waals surface area contributed by atoms with E-state index in [9.17, 15) is 9.59 Å². The summed E-state index contributed by atoms with van der Waals surface area (Å²) in [7, 11) is 0. The lowest BCUT2D eigenvalue weighted by Gasteiger charge is -2.34. The zero-order valence-corrected chi connectivity index (χ0v) is 22.6. The summed E-state index contributed by atoms with van der Waals surface area (Å²) in [5.74, 6) is 0.787. The summed E-state index contributed by atoms with van der Waals surface area (Å²) in [6.45, 7) is 10.2. The molecular weight excluding hydrogens is 488 g/mol. The van der Waals surface area contributed by atoms with Crippen molar-refractivity contribution in [3.63, 3.8) is 0 Å². The van der Waals surface area contributed by atoms with Crippen molar-refractivity contribution >= 4 is 29.3 Å². The first-order chi connectivity index (χ1) is 17.7. The number of carbonyl (C=O) groups is 2. The molecule has 0 spiro atoms. The molecule has 1 N–H and O–H groups in total. The molecule has 194 valence electrons. The molecule has 0 bridgehead atoms. The highest BCUT2D eigenvalue weighted by molar-refractivity contribution is 7.99. The van der Waals surface area contributed by atoms with E-state index in [1.54, 1.807) is 23.1 Å². The molecule has 2 heterocycles. The number of ether oxygens (including phenoxy) is 2. The number of amides is 2. The van der Waals surface area contributed by atoms with Gasteiger partial charge in [-0.3, -0.25) is 9.59 Å². The van der Waals surface area contributed by atoms with E-state index in [1.165, 1.54) is 11.8 Å². The van der Waals surface area contributed by atoms with Gasteiger partial charge in [-0.1, -0.05) is 49.9 Å². The Morgan fingerprint density at radius 2 is 1.70 bits per heavy atom. The number of hydrogen-bond donors (Lipinski definition) is 1. The molecule has 1 aliphatic rings. The van der Waals surface area contributed by atoms with Gasteiger partial charge in [0.2, 0.25) is 18.6 Å². The van der Waals surface area contributed by atoms with Gasteiger partial charge < -0.3 is 19.7 Å². The zero-order valence-electron chi connectivity index (χ0n) is 21.8. The van der Waals surface area contributed by atoms with Crippen LogP contribution < -0.4 is 14.8 Å². The lowest BCUT2D eigenvalue weighted by molar-refractivity contribution is -0.138. The molecule has 2 amide bonds. The third-order valence-corrected chi connectivity index (χ3v) is 6.92. The number of thioether (sulfide) groups is 1. The second-order valence-electron chi connectivity index (χ2n) is 9.42. The fourth-order valence-electron chi connectivity index (χ4n) is 4.27. The zero-order chi connectivity index (χ0) is 26.5.